The molecule has 0 spiro atoms. The summed E-state index contributed by atoms with van der Waals surface area (Å²) in [7, 11) is 0. The molecule has 0 saturated heterocycles. The van der Waals surface area contributed by atoms with Crippen LogP contribution >= 0.6 is 0 Å². The highest BCUT2D eigenvalue weighted by molar-refractivity contribution is 5.80. The summed E-state index contributed by atoms with van der Waals surface area (Å²) < 4.78 is 5.06. The molecule has 1 amide bonds. The lowest BCUT2D eigenvalue weighted by Crippen LogP contribution is -2.48. The normalized spacial score (nSPS) is 18.6. The number of hydrogen-bond donors (Lipinski definition) is 2. The molecule has 0 aliphatic heterocycles. The lowest BCUT2D eigenvalue weighted by atomic mass is 9.99. The fourth-order valence-electron chi connectivity index (χ4n) is 2.54. The van der Waals surface area contributed by atoms with Crippen LogP contribution in [0.3, 0.4) is 0 Å². The first-order chi connectivity index (χ1) is 9.58. The van der Waals surface area contributed by atoms with Gasteiger partial charge < -0.3 is 10.1 Å². The first-order valence-electron chi connectivity index (χ1n) is 7.77. The highest BCUT2D eigenvalue weighted by Gasteiger charge is 2.26. The second kappa shape index (κ2) is 8.95. The van der Waals surface area contributed by atoms with E-state index in [-0.39, 0.29) is 24.3 Å². The van der Waals surface area contributed by atoms with Gasteiger partial charge in [0.15, 0.2) is 0 Å². The number of ether oxygens (including phenoxy) is 1. The summed E-state index contributed by atoms with van der Waals surface area (Å²) in [5, 5.41) is 6.05. The molecule has 1 aliphatic carbocycles. The summed E-state index contributed by atoms with van der Waals surface area (Å²) in [6.07, 6.45) is 5.38. The highest BCUT2D eigenvalue weighted by Crippen LogP contribution is 2.17. The van der Waals surface area contributed by atoms with Crippen LogP contribution in [0.5, 0.6) is 0 Å². The Hall–Kier alpha value is -1.10. The van der Waals surface area contributed by atoms with E-state index in [0.29, 0.717) is 12.6 Å². The Morgan fingerprint density at radius 1 is 1.25 bits per heavy atom. The van der Waals surface area contributed by atoms with E-state index >= 15 is 0 Å². The second-order valence-corrected chi connectivity index (χ2v) is 5.55. The molecule has 5 heteroatoms. The molecule has 1 saturated carbocycles. The van der Waals surface area contributed by atoms with Crippen molar-refractivity contribution in [1.29, 1.82) is 0 Å². The Balaban J connectivity index is 2.39. The van der Waals surface area contributed by atoms with Crippen LogP contribution < -0.4 is 10.6 Å². The molecule has 5 nitrogen and oxygen atoms in total. The van der Waals surface area contributed by atoms with E-state index in [0.717, 1.165) is 19.3 Å². The van der Waals surface area contributed by atoms with Crippen LogP contribution in [-0.2, 0) is 14.3 Å². The summed E-state index contributed by atoms with van der Waals surface area (Å²) in [4.78, 5) is 23.8. The van der Waals surface area contributed by atoms with Crippen molar-refractivity contribution in [3.8, 4) is 0 Å². The molecule has 0 aromatic carbocycles. The Kier molecular flexibility index (Phi) is 7.59. The van der Waals surface area contributed by atoms with Crippen molar-refractivity contribution in [2.24, 2.45) is 5.92 Å². The molecule has 0 aromatic heterocycles. The molecule has 0 radical (unpaired) electrons. The Bertz CT molecular complexity index is 314. The van der Waals surface area contributed by atoms with Gasteiger partial charge in [0.2, 0.25) is 5.91 Å². The van der Waals surface area contributed by atoms with Gasteiger partial charge in [0.05, 0.1) is 13.2 Å². The zero-order chi connectivity index (χ0) is 15.0. The second-order valence-electron chi connectivity index (χ2n) is 5.55. The topological polar surface area (TPSA) is 67.4 Å². The fourth-order valence-corrected chi connectivity index (χ4v) is 2.54. The SMILES string of the molecule is CCOC(=O)C(NCC(=O)NC1CCCC1)C(C)CC. The summed E-state index contributed by atoms with van der Waals surface area (Å²) in [6, 6.07) is -0.0942. The van der Waals surface area contributed by atoms with E-state index < -0.39 is 6.04 Å². The molecular weight excluding hydrogens is 256 g/mol. The third-order valence-electron chi connectivity index (χ3n) is 3.96. The van der Waals surface area contributed by atoms with Crippen molar-refractivity contribution < 1.29 is 14.3 Å². The number of rotatable bonds is 8. The Morgan fingerprint density at radius 3 is 2.45 bits per heavy atom. The van der Waals surface area contributed by atoms with Gasteiger partial charge in [-0.05, 0) is 25.7 Å². The molecule has 0 bridgehead atoms. The van der Waals surface area contributed by atoms with Crippen molar-refractivity contribution in [3.63, 3.8) is 0 Å². The average Bonchev–Trinajstić information content (AvgIpc) is 2.91. The molecule has 2 N–H and O–H groups in total. The van der Waals surface area contributed by atoms with Crippen LogP contribution in [0.4, 0.5) is 0 Å². The van der Waals surface area contributed by atoms with E-state index in [4.69, 9.17) is 4.74 Å². The fraction of sp³-hybridized carbons (Fsp3) is 0.867. The highest BCUT2D eigenvalue weighted by atomic mass is 16.5. The first kappa shape index (κ1) is 17.0. The predicted octanol–water partition coefficient (Wildman–Crippen LogP) is 1.61. The molecule has 116 valence electrons. The minimum atomic E-state index is -0.408. The first-order valence-corrected chi connectivity index (χ1v) is 7.77. The van der Waals surface area contributed by atoms with Gasteiger partial charge in [-0.3, -0.25) is 14.9 Å². The van der Waals surface area contributed by atoms with Gasteiger partial charge in [-0.2, -0.15) is 0 Å². The third-order valence-corrected chi connectivity index (χ3v) is 3.96. The van der Waals surface area contributed by atoms with Gasteiger partial charge in [-0.1, -0.05) is 33.1 Å². The zero-order valence-electron chi connectivity index (χ0n) is 12.9. The van der Waals surface area contributed by atoms with Gasteiger partial charge in [0.25, 0.3) is 0 Å². The maximum atomic E-state index is 11.9. The van der Waals surface area contributed by atoms with Crippen molar-refractivity contribution in [1.82, 2.24) is 10.6 Å². The van der Waals surface area contributed by atoms with E-state index in [1.54, 1.807) is 6.92 Å². The molecule has 0 heterocycles. The molecule has 0 aromatic rings. The van der Waals surface area contributed by atoms with Crippen molar-refractivity contribution in [2.45, 2.75) is 65.0 Å². The number of carbonyl (C=O) groups excluding carboxylic acids is 2. The number of carbonyl (C=O) groups is 2. The maximum Gasteiger partial charge on any atom is 0.323 e. The smallest absolute Gasteiger partial charge is 0.323 e. The Morgan fingerprint density at radius 2 is 1.90 bits per heavy atom. The molecule has 20 heavy (non-hydrogen) atoms. The molecular formula is C15H28N2O3. The molecule has 1 rings (SSSR count). The average molecular weight is 284 g/mol. The largest absolute Gasteiger partial charge is 0.465 e. The van der Waals surface area contributed by atoms with Gasteiger partial charge in [-0.15, -0.1) is 0 Å². The molecule has 1 fully saturated rings. The van der Waals surface area contributed by atoms with E-state index in [1.165, 1.54) is 12.8 Å². The summed E-state index contributed by atoms with van der Waals surface area (Å²) in [5.74, 6) is -0.154. The van der Waals surface area contributed by atoms with Crippen molar-refractivity contribution >= 4 is 11.9 Å². The van der Waals surface area contributed by atoms with E-state index in [9.17, 15) is 9.59 Å². The lowest BCUT2D eigenvalue weighted by molar-refractivity contribution is -0.147. The van der Waals surface area contributed by atoms with Crippen LogP contribution in [0.15, 0.2) is 0 Å². The number of esters is 1. The number of nitrogens with one attached hydrogen (secondary N) is 2. The molecule has 2 atom stereocenters. The van der Waals surface area contributed by atoms with Crippen molar-refractivity contribution in [2.75, 3.05) is 13.2 Å². The minimum Gasteiger partial charge on any atom is -0.465 e. The summed E-state index contributed by atoms with van der Waals surface area (Å²) in [5.41, 5.74) is 0. The Labute approximate surface area is 121 Å². The van der Waals surface area contributed by atoms with Crippen LogP contribution in [-0.4, -0.2) is 37.1 Å². The van der Waals surface area contributed by atoms with Crippen LogP contribution in [0.25, 0.3) is 0 Å². The van der Waals surface area contributed by atoms with Crippen LogP contribution in [0.2, 0.25) is 0 Å². The zero-order valence-corrected chi connectivity index (χ0v) is 12.9. The number of hydrogen-bond acceptors (Lipinski definition) is 4. The third kappa shape index (κ3) is 5.49. The number of amides is 1. The monoisotopic (exact) mass is 284 g/mol. The van der Waals surface area contributed by atoms with Crippen LogP contribution in [0, 0.1) is 5.92 Å². The van der Waals surface area contributed by atoms with Gasteiger partial charge in [0.1, 0.15) is 6.04 Å². The maximum absolute atomic E-state index is 11.9. The predicted molar refractivity (Wildman–Crippen MR) is 78.3 cm³/mol. The summed E-state index contributed by atoms with van der Waals surface area (Å²) >= 11 is 0. The van der Waals surface area contributed by atoms with E-state index in [2.05, 4.69) is 10.6 Å². The molecule has 1 aliphatic rings. The van der Waals surface area contributed by atoms with Gasteiger partial charge in [-0.25, -0.2) is 0 Å². The lowest BCUT2D eigenvalue weighted by Gasteiger charge is -2.22. The van der Waals surface area contributed by atoms with Gasteiger partial charge >= 0.3 is 5.97 Å². The standard InChI is InChI=1S/C15H28N2O3/c1-4-11(3)14(15(19)20-5-2)16-10-13(18)17-12-8-6-7-9-12/h11-12,14,16H,4-10H2,1-3H3,(H,17,18). The van der Waals surface area contributed by atoms with Crippen LogP contribution in [0.1, 0.15) is 52.9 Å². The van der Waals surface area contributed by atoms with Crippen molar-refractivity contribution in [3.05, 3.63) is 0 Å². The molecule has 2 unspecified atom stereocenters. The minimum absolute atomic E-state index is 0.0329. The quantitative estimate of drug-likeness (QED) is 0.665. The van der Waals surface area contributed by atoms with Gasteiger partial charge in [0, 0.05) is 6.04 Å². The van der Waals surface area contributed by atoms with E-state index in [1.807, 2.05) is 13.8 Å². The summed E-state index contributed by atoms with van der Waals surface area (Å²) in [6.45, 7) is 6.34.